The van der Waals surface area contributed by atoms with Crippen LogP contribution in [0.15, 0.2) is 18.2 Å². The normalized spacial score (nSPS) is 16.9. The van der Waals surface area contributed by atoms with E-state index in [0.29, 0.717) is 0 Å². The highest BCUT2D eigenvalue weighted by atomic mass is 35.5. The minimum absolute atomic E-state index is 0.142. The van der Waals surface area contributed by atoms with E-state index >= 15 is 0 Å². The molecule has 0 heterocycles. The van der Waals surface area contributed by atoms with Crippen LogP contribution in [-0.4, -0.2) is 19.6 Å². The van der Waals surface area contributed by atoms with E-state index in [1.165, 1.54) is 24.1 Å². The van der Waals surface area contributed by atoms with Crippen LogP contribution in [0.3, 0.4) is 0 Å². The van der Waals surface area contributed by atoms with Crippen molar-refractivity contribution in [1.82, 2.24) is 0 Å². The van der Waals surface area contributed by atoms with Crippen molar-refractivity contribution in [2.24, 2.45) is 11.7 Å². The Kier molecular flexibility index (Phi) is 3.95. The van der Waals surface area contributed by atoms with Crippen molar-refractivity contribution in [3.63, 3.8) is 0 Å². The fourth-order valence-electron chi connectivity index (χ4n) is 2.22. The molecular formula is C14H21ClN2. The lowest BCUT2D eigenvalue weighted by Crippen LogP contribution is -2.24. The summed E-state index contributed by atoms with van der Waals surface area (Å²) in [6.45, 7) is 3.15. The van der Waals surface area contributed by atoms with Crippen molar-refractivity contribution in [2.75, 3.05) is 18.5 Å². The van der Waals surface area contributed by atoms with Crippen molar-refractivity contribution in [1.29, 1.82) is 0 Å². The molecule has 2 nitrogen and oxygen atoms in total. The summed E-state index contributed by atoms with van der Waals surface area (Å²) >= 11 is 6.29. The summed E-state index contributed by atoms with van der Waals surface area (Å²) in [5.41, 5.74) is 8.32. The second-order valence-corrected chi connectivity index (χ2v) is 5.65. The van der Waals surface area contributed by atoms with Crippen LogP contribution in [0.4, 0.5) is 5.69 Å². The van der Waals surface area contributed by atoms with E-state index in [4.69, 9.17) is 17.3 Å². The number of nitrogens with two attached hydrogens (primary N) is 1. The molecule has 1 saturated carbocycles. The lowest BCUT2D eigenvalue weighted by atomic mass is 10.0. The van der Waals surface area contributed by atoms with Gasteiger partial charge in [-0.3, -0.25) is 0 Å². The summed E-state index contributed by atoms with van der Waals surface area (Å²) in [5.74, 6) is 0.877. The predicted octanol–water partition coefficient (Wildman–Crippen LogP) is 3.08. The first-order valence-corrected chi connectivity index (χ1v) is 6.70. The van der Waals surface area contributed by atoms with E-state index in [9.17, 15) is 0 Å². The monoisotopic (exact) mass is 252 g/mol. The highest BCUT2D eigenvalue weighted by molar-refractivity contribution is 6.31. The number of nitrogens with zero attached hydrogens (tertiary/aromatic N) is 1. The van der Waals surface area contributed by atoms with Crippen LogP contribution in [-0.2, 0) is 6.42 Å². The van der Waals surface area contributed by atoms with Crippen molar-refractivity contribution in [3.05, 3.63) is 28.8 Å². The molecule has 2 N–H and O–H groups in total. The van der Waals surface area contributed by atoms with Crippen LogP contribution in [0.2, 0.25) is 5.02 Å². The van der Waals surface area contributed by atoms with Gasteiger partial charge >= 0.3 is 0 Å². The minimum Gasteiger partial charge on any atom is -0.374 e. The summed E-state index contributed by atoms with van der Waals surface area (Å²) in [5, 5.41) is 0.836. The largest absolute Gasteiger partial charge is 0.374 e. The van der Waals surface area contributed by atoms with Gasteiger partial charge in [-0.2, -0.15) is 0 Å². The second-order valence-electron chi connectivity index (χ2n) is 5.24. The fourth-order valence-corrected chi connectivity index (χ4v) is 2.46. The second kappa shape index (κ2) is 5.28. The molecule has 1 fully saturated rings. The zero-order valence-electron chi connectivity index (χ0n) is 10.6. The Hall–Kier alpha value is -0.730. The van der Waals surface area contributed by atoms with Crippen LogP contribution in [0.1, 0.15) is 25.3 Å². The van der Waals surface area contributed by atoms with Gasteiger partial charge in [-0.05, 0) is 49.8 Å². The summed E-state index contributed by atoms with van der Waals surface area (Å²) in [4.78, 5) is 2.32. The molecule has 0 aliphatic heterocycles. The third-order valence-electron chi connectivity index (χ3n) is 3.26. The van der Waals surface area contributed by atoms with Gasteiger partial charge in [0.15, 0.2) is 0 Å². The van der Waals surface area contributed by atoms with Crippen molar-refractivity contribution < 1.29 is 0 Å². The summed E-state index contributed by atoms with van der Waals surface area (Å²) < 4.78 is 0. The number of halogens is 1. The molecule has 0 amide bonds. The molecular weight excluding hydrogens is 232 g/mol. The first-order valence-electron chi connectivity index (χ1n) is 6.32. The molecule has 1 atom stereocenters. The Morgan fingerprint density at radius 1 is 1.47 bits per heavy atom. The molecule has 17 heavy (non-hydrogen) atoms. The third-order valence-corrected chi connectivity index (χ3v) is 3.61. The number of anilines is 1. The summed E-state index contributed by atoms with van der Waals surface area (Å²) in [7, 11) is 2.15. The molecule has 1 aliphatic carbocycles. The molecule has 94 valence electrons. The molecule has 1 unspecified atom stereocenters. The molecule has 0 bridgehead atoms. The summed E-state index contributed by atoms with van der Waals surface area (Å²) in [6, 6.07) is 6.26. The molecule has 1 aliphatic rings. The molecule has 0 radical (unpaired) electrons. The molecule has 3 heteroatoms. The SMILES string of the molecule is CC(N)Cc1c(Cl)cccc1N(C)CC1CC1. The maximum absolute atomic E-state index is 6.29. The Morgan fingerprint density at radius 3 is 2.76 bits per heavy atom. The van der Waals surface area contributed by atoms with Gasteiger partial charge in [0.05, 0.1) is 0 Å². The molecule has 1 aromatic rings. The topological polar surface area (TPSA) is 29.3 Å². The lowest BCUT2D eigenvalue weighted by molar-refractivity contribution is 0.728. The highest BCUT2D eigenvalue weighted by Crippen LogP contribution is 2.33. The van der Waals surface area contributed by atoms with Gasteiger partial charge in [-0.15, -0.1) is 0 Å². The Labute approximate surface area is 109 Å². The van der Waals surface area contributed by atoms with E-state index in [-0.39, 0.29) is 6.04 Å². The lowest BCUT2D eigenvalue weighted by Gasteiger charge is -2.24. The van der Waals surface area contributed by atoms with Gasteiger partial charge in [0.2, 0.25) is 0 Å². The first-order chi connectivity index (χ1) is 8.08. The maximum Gasteiger partial charge on any atom is 0.0459 e. The van der Waals surface area contributed by atoms with Crippen molar-refractivity contribution in [2.45, 2.75) is 32.2 Å². The smallest absolute Gasteiger partial charge is 0.0459 e. The number of hydrogen-bond acceptors (Lipinski definition) is 2. The molecule has 2 rings (SSSR count). The summed E-state index contributed by atoms with van der Waals surface area (Å²) in [6.07, 6.45) is 3.57. The minimum atomic E-state index is 0.142. The molecule has 0 spiro atoms. The quantitative estimate of drug-likeness (QED) is 0.873. The Morgan fingerprint density at radius 2 is 2.18 bits per heavy atom. The van der Waals surface area contributed by atoms with Gasteiger partial charge in [-0.1, -0.05) is 17.7 Å². The van der Waals surface area contributed by atoms with E-state index in [2.05, 4.69) is 18.0 Å². The Bertz CT molecular complexity index is 386. The maximum atomic E-state index is 6.29. The van der Waals surface area contributed by atoms with Crippen LogP contribution >= 0.6 is 11.6 Å². The van der Waals surface area contributed by atoms with Crippen LogP contribution < -0.4 is 10.6 Å². The fraction of sp³-hybridized carbons (Fsp3) is 0.571. The van der Waals surface area contributed by atoms with Gasteiger partial charge in [0.25, 0.3) is 0 Å². The van der Waals surface area contributed by atoms with Crippen molar-refractivity contribution >= 4 is 17.3 Å². The van der Waals surface area contributed by atoms with Crippen molar-refractivity contribution in [3.8, 4) is 0 Å². The molecule has 0 saturated heterocycles. The Balaban J connectivity index is 2.20. The number of rotatable bonds is 5. The van der Waals surface area contributed by atoms with E-state index < -0.39 is 0 Å². The number of hydrogen-bond donors (Lipinski definition) is 1. The van der Waals surface area contributed by atoms with Crippen LogP contribution in [0.25, 0.3) is 0 Å². The highest BCUT2D eigenvalue weighted by Gasteiger charge is 2.24. The van der Waals surface area contributed by atoms with Gasteiger partial charge in [0.1, 0.15) is 0 Å². The van der Waals surface area contributed by atoms with Gasteiger partial charge in [0, 0.05) is 30.3 Å². The average molecular weight is 253 g/mol. The standard InChI is InChI=1S/C14H21ClN2/c1-10(16)8-12-13(15)4-3-5-14(12)17(2)9-11-6-7-11/h3-5,10-11H,6-9,16H2,1-2H3. The zero-order chi connectivity index (χ0) is 12.4. The van der Waals surface area contributed by atoms with E-state index in [1.54, 1.807) is 0 Å². The average Bonchev–Trinajstić information content (AvgIpc) is 3.04. The van der Waals surface area contributed by atoms with E-state index in [0.717, 1.165) is 23.9 Å². The van der Waals surface area contributed by atoms with E-state index in [1.807, 2.05) is 19.1 Å². The number of benzene rings is 1. The zero-order valence-corrected chi connectivity index (χ0v) is 11.4. The third kappa shape index (κ3) is 3.36. The molecule has 0 aromatic heterocycles. The van der Waals surface area contributed by atoms with Gasteiger partial charge < -0.3 is 10.6 Å². The first kappa shape index (κ1) is 12.7. The van der Waals surface area contributed by atoms with Gasteiger partial charge in [-0.25, -0.2) is 0 Å². The van der Waals surface area contributed by atoms with Crippen LogP contribution in [0, 0.1) is 5.92 Å². The van der Waals surface area contributed by atoms with Crippen LogP contribution in [0.5, 0.6) is 0 Å². The molecule has 1 aromatic carbocycles. The predicted molar refractivity (Wildman–Crippen MR) is 74.8 cm³/mol.